The molecule has 0 aromatic heterocycles. The van der Waals surface area contributed by atoms with Gasteiger partial charge in [-0.1, -0.05) is 26.0 Å². The van der Waals surface area contributed by atoms with Crippen molar-refractivity contribution in [2.45, 2.75) is 51.0 Å². The van der Waals surface area contributed by atoms with Crippen LogP contribution in [0.25, 0.3) is 0 Å². The largest absolute Gasteiger partial charge is 0.342 e. The summed E-state index contributed by atoms with van der Waals surface area (Å²) in [6.07, 6.45) is 1.03. The Hall–Kier alpha value is -1.44. The number of amides is 1. The molecular formula is C20H33N3O3S. The number of sulfonamides is 1. The summed E-state index contributed by atoms with van der Waals surface area (Å²) in [5.41, 5.74) is 1.16. The molecule has 0 aliphatic carbocycles. The van der Waals surface area contributed by atoms with E-state index < -0.39 is 10.0 Å². The van der Waals surface area contributed by atoms with E-state index in [-0.39, 0.29) is 11.9 Å². The van der Waals surface area contributed by atoms with E-state index in [0.29, 0.717) is 43.5 Å². The molecule has 1 saturated heterocycles. The fourth-order valence-corrected chi connectivity index (χ4v) is 4.49. The summed E-state index contributed by atoms with van der Waals surface area (Å²) in [5, 5.41) is 0. The Balaban J connectivity index is 1.97. The topological polar surface area (TPSA) is 60.9 Å². The van der Waals surface area contributed by atoms with Crippen LogP contribution in [-0.4, -0.2) is 74.2 Å². The zero-order chi connectivity index (χ0) is 20.2. The van der Waals surface area contributed by atoms with Crippen LogP contribution in [0, 0.1) is 0 Å². The molecule has 0 radical (unpaired) electrons. The first-order valence-corrected chi connectivity index (χ1v) is 11.2. The second kappa shape index (κ2) is 9.17. The first-order chi connectivity index (χ1) is 12.7. The van der Waals surface area contributed by atoms with Crippen LogP contribution < -0.4 is 0 Å². The summed E-state index contributed by atoms with van der Waals surface area (Å²) >= 11 is 0. The molecule has 1 unspecified atom stereocenters. The minimum atomic E-state index is -3.48. The third-order valence-corrected chi connectivity index (χ3v) is 7.47. The lowest BCUT2D eigenvalue weighted by atomic mass is 9.99. The molecule has 1 aliphatic rings. The summed E-state index contributed by atoms with van der Waals surface area (Å²) < 4.78 is 27.3. The fraction of sp³-hybridized carbons (Fsp3) is 0.650. The molecule has 1 atom stereocenters. The monoisotopic (exact) mass is 395 g/mol. The quantitative estimate of drug-likeness (QED) is 0.711. The Bertz CT molecular complexity index is 723. The molecule has 152 valence electrons. The highest BCUT2D eigenvalue weighted by Gasteiger charge is 2.29. The molecule has 7 heteroatoms. The molecule has 1 aliphatic heterocycles. The number of carbonyl (C=O) groups is 1. The van der Waals surface area contributed by atoms with E-state index in [1.54, 1.807) is 24.1 Å². The predicted octanol–water partition coefficient (Wildman–Crippen LogP) is 2.37. The minimum Gasteiger partial charge on any atom is -0.342 e. The van der Waals surface area contributed by atoms with Crippen LogP contribution in [0.4, 0.5) is 0 Å². The van der Waals surface area contributed by atoms with E-state index in [4.69, 9.17) is 0 Å². The second-order valence-electron chi connectivity index (χ2n) is 7.66. The van der Waals surface area contributed by atoms with Crippen molar-refractivity contribution in [1.82, 2.24) is 14.1 Å². The molecule has 1 amide bonds. The molecule has 1 fully saturated rings. The zero-order valence-corrected chi connectivity index (χ0v) is 18.0. The van der Waals surface area contributed by atoms with Gasteiger partial charge >= 0.3 is 0 Å². The number of benzene rings is 1. The van der Waals surface area contributed by atoms with E-state index in [1.165, 1.54) is 4.31 Å². The van der Waals surface area contributed by atoms with E-state index in [1.807, 2.05) is 30.9 Å². The summed E-state index contributed by atoms with van der Waals surface area (Å²) in [5.74, 6) is 0.494. The van der Waals surface area contributed by atoms with Crippen molar-refractivity contribution in [3.05, 3.63) is 29.8 Å². The maximum absolute atomic E-state index is 12.9. The molecule has 6 nitrogen and oxygen atoms in total. The number of carbonyl (C=O) groups excluding carboxylic acids is 1. The summed E-state index contributed by atoms with van der Waals surface area (Å²) in [4.78, 5) is 16.3. The van der Waals surface area contributed by atoms with Gasteiger partial charge in [-0.05, 0) is 43.9 Å². The van der Waals surface area contributed by atoms with Crippen LogP contribution in [0.5, 0.6) is 0 Å². The maximum Gasteiger partial charge on any atom is 0.243 e. The van der Waals surface area contributed by atoms with Gasteiger partial charge in [0.25, 0.3) is 0 Å². The van der Waals surface area contributed by atoms with Gasteiger partial charge in [0.2, 0.25) is 15.9 Å². The van der Waals surface area contributed by atoms with E-state index in [0.717, 1.165) is 12.0 Å². The number of hydrogen-bond donors (Lipinski definition) is 0. The van der Waals surface area contributed by atoms with Crippen molar-refractivity contribution < 1.29 is 13.2 Å². The van der Waals surface area contributed by atoms with Gasteiger partial charge in [-0.3, -0.25) is 9.69 Å². The van der Waals surface area contributed by atoms with E-state index in [2.05, 4.69) is 13.8 Å². The number of hydrogen-bond acceptors (Lipinski definition) is 4. The van der Waals surface area contributed by atoms with E-state index in [9.17, 15) is 13.2 Å². The third kappa shape index (κ3) is 5.30. The molecule has 27 heavy (non-hydrogen) atoms. The third-order valence-electron chi connectivity index (χ3n) is 5.56. The lowest BCUT2D eigenvalue weighted by Crippen LogP contribution is -2.51. The van der Waals surface area contributed by atoms with Crippen molar-refractivity contribution in [3.8, 4) is 0 Å². The lowest BCUT2D eigenvalue weighted by Gasteiger charge is -2.34. The number of rotatable bonds is 7. The molecule has 1 aromatic rings. The molecule has 0 bridgehead atoms. The van der Waals surface area contributed by atoms with Gasteiger partial charge in [0.15, 0.2) is 0 Å². The lowest BCUT2D eigenvalue weighted by molar-refractivity contribution is -0.132. The second-order valence-corrected chi connectivity index (χ2v) is 9.59. The predicted molar refractivity (Wildman–Crippen MR) is 108 cm³/mol. The van der Waals surface area contributed by atoms with Crippen LogP contribution >= 0.6 is 0 Å². The summed E-state index contributed by atoms with van der Waals surface area (Å²) in [6, 6.07) is 7.42. The number of piperazine rings is 1. The molecule has 1 heterocycles. The van der Waals surface area contributed by atoms with Gasteiger partial charge in [-0.2, -0.15) is 4.31 Å². The Kier molecular flexibility index (Phi) is 7.42. The van der Waals surface area contributed by atoms with Gasteiger partial charge in [0.05, 0.1) is 11.4 Å². The zero-order valence-electron chi connectivity index (χ0n) is 17.2. The molecule has 0 saturated carbocycles. The molecular weight excluding hydrogens is 362 g/mol. The normalized spacial score (nSPS) is 17.9. The number of nitrogens with zero attached hydrogens (tertiary/aromatic N) is 3. The fourth-order valence-electron chi connectivity index (χ4n) is 3.07. The highest BCUT2D eigenvalue weighted by molar-refractivity contribution is 7.89. The number of likely N-dealkylation sites (N-methyl/N-ethyl adjacent to an activating group) is 1. The Morgan fingerprint density at radius 1 is 1.07 bits per heavy atom. The standard InChI is InChI=1S/C20H33N3O3S/c1-6-17(4)18-7-9-19(10-8-18)27(25,26)23-13-11-22(12-14-23)15-20(24)21(5)16(2)3/h7-10,16-17H,6,11-15H2,1-5H3. The van der Waals surface area contributed by atoms with Crippen LogP contribution in [0.2, 0.25) is 0 Å². The van der Waals surface area contributed by atoms with Gasteiger partial charge in [0.1, 0.15) is 0 Å². The van der Waals surface area contributed by atoms with Crippen LogP contribution in [0.3, 0.4) is 0 Å². The SMILES string of the molecule is CCC(C)c1ccc(S(=O)(=O)N2CCN(CC(=O)N(C)C(C)C)CC2)cc1. The molecule has 0 spiro atoms. The van der Waals surface area contributed by atoms with Crippen LogP contribution in [-0.2, 0) is 14.8 Å². The van der Waals surface area contributed by atoms with Crippen molar-refractivity contribution in [2.75, 3.05) is 39.8 Å². The Morgan fingerprint density at radius 3 is 2.11 bits per heavy atom. The van der Waals surface area contributed by atoms with Crippen molar-refractivity contribution in [1.29, 1.82) is 0 Å². The van der Waals surface area contributed by atoms with Crippen molar-refractivity contribution in [3.63, 3.8) is 0 Å². The first kappa shape index (κ1) is 21.9. The van der Waals surface area contributed by atoms with E-state index >= 15 is 0 Å². The molecule has 2 rings (SSSR count). The summed E-state index contributed by atoms with van der Waals surface area (Å²) in [7, 11) is -1.68. The van der Waals surface area contributed by atoms with Gasteiger partial charge < -0.3 is 4.90 Å². The van der Waals surface area contributed by atoms with Gasteiger partial charge in [0, 0.05) is 39.3 Å². The Morgan fingerprint density at radius 2 is 1.63 bits per heavy atom. The van der Waals surface area contributed by atoms with Crippen molar-refractivity contribution in [2.24, 2.45) is 0 Å². The van der Waals surface area contributed by atoms with Crippen LogP contribution in [0.1, 0.15) is 45.6 Å². The van der Waals surface area contributed by atoms with Crippen LogP contribution in [0.15, 0.2) is 29.2 Å². The van der Waals surface area contributed by atoms with Gasteiger partial charge in [-0.15, -0.1) is 0 Å². The van der Waals surface area contributed by atoms with Crippen molar-refractivity contribution >= 4 is 15.9 Å². The average molecular weight is 396 g/mol. The highest BCUT2D eigenvalue weighted by Crippen LogP contribution is 2.23. The summed E-state index contributed by atoms with van der Waals surface area (Å²) in [6.45, 7) is 10.5. The van der Waals surface area contributed by atoms with Gasteiger partial charge in [-0.25, -0.2) is 8.42 Å². The average Bonchev–Trinajstić information content (AvgIpc) is 2.67. The molecule has 1 aromatic carbocycles. The maximum atomic E-state index is 12.9. The Labute approximate surface area is 164 Å². The first-order valence-electron chi connectivity index (χ1n) is 9.75. The smallest absolute Gasteiger partial charge is 0.243 e. The highest BCUT2D eigenvalue weighted by atomic mass is 32.2. The minimum absolute atomic E-state index is 0.0712. The molecule has 0 N–H and O–H groups in total.